The number of pyridine rings is 1. The highest BCUT2D eigenvalue weighted by Gasteiger charge is 2.07. The van der Waals surface area contributed by atoms with Gasteiger partial charge in [0.15, 0.2) is 0 Å². The Balaban J connectivity index is 1.89. The van der Waals surface area contributed by atoms with Crippen molar-refractivity contribution in [3.8, 4) is 0 Å². The fraction of sp³-hybridized carbons (Fsp3) is 0.357. The molecule has 2 aromatic heterocycles. The highest BCUT2D eigenvalue weighted by atomic mass is 16.1. The first-order chi connectivity index (χ1) is 9.20. The lowest BCUT2D eigenvalue weighted by molar-refractivity contribution is 0.0949. The van der Waals surface area contributed by atoms with Gasteiger partial charge in [0.1, 0.15) is 5.69 Å². The maximum atomic E-state index is 11.9. The number of nitrogens with zero attached hydrogens (tertiary/aromatic N) is 3. The third kappa shape index (κ3) is 3.40. The number of nitrogens with one attached hydrogen (secondary N) is 1. The minimum absolute atomic E-state index is 0.127. The summed E-state index contributed by atoms with van der Waals surface area (Å²) in [6, 6.07) is 5.52. The van der Waals surface area contributed by atoms with E-state index in [1.54, 1.807) is 12.4 Å². The summed E-state index contributed by atoms with van der Waals surface area (Å²) < 4.78 is 1.95. The first-order valence-corrected chi connectivity index (χ1v) is 6.40. The Bertz CT molecular complexity index is 562. The molecule has 2 heterocycles. The molecule has 0 atom stereocenters. The molecule has 0 saturated carbocycles. The SMILES string of the molecule is CCc1cccc(C(=O)NCCc2cncn2C)n1. The van der Waals surface area contributed by atoms with Gasteiger partial charge in [0.2, 0.25) is 0 Å². The molecule has 0 spiro atoms. The molecular formula is C14H18N4O. The van der Waals surface area contributed by atoms with E-state index >= 15 is 0 Å². The van der Waals surface area contributed by atoms with E-state index < -0.39 is 0 Å². The molecule has 100 valence electrons. The van der Waals surface area contributed by atoms with Crippen molar-refractivity contribution < 1.29 is 4.79 Å². The Morgan fingerprint density at radius 2 is 2.26 bits per heavy atom. The number of imidazole rings is 1. The summed E-state index contributed by atoms with van der Waals surface area (Å²) in [6.07, 6.45) is 5.15. The largest absolute Gasteiger partial charge is 0.350 e. The van der Waals surface area contributed by atoms with Crippen molar-refractivity contribution in [2.24, 2.45) is 7.05 Å². The standard InChI is InChI=1S/C14H18N4O/c1-3-11-5-4-6-13(17-11)14(19)16-8-7-12-9-15-10-18(12)2/h4-6,9-10H,3,7-8H2,1-2H3,(H,16,19). The van der Waals surface area contributed by atoms with Crippen LogP contribution in [0.15, 0.2) is 30.7 Å². The number of rotatable bonds is 5. The van der Waals surface area contributed by atoms with Crippen molar-refractivity contribution in [2.75, 3.05) is 6.54 Å². The fourth-order valence-corrected chi connectivity index (χ4v) is 1.82. The van der Waals surface area contributed by atoms with Crippen molar-refractivity contribution in [3.63, 3.8) is 0 Å². The summed E-state index contributed by atoms with van der Waals surface area (Å²) >= 11 is 0. The molecule has 0 saturated heterocycles. The Labute approximate surface area is 112 Å². The van der Waals surface area contributed by atoms with E-state index in [0.717, 1.165) is 24.2 Å². The number of aromatic nitrogens is 3. The summed E-state index contributed by atoms with van der Waals surface area (Å²) in [5.74, 6) is -0.127. The zero-order chi connectivity index (χ0) is 13.7. The Morgan fingerprint density at radius 1 is 1.42 bits per heavy atom. The molecule has 19 heavy (non-hydrogen) atoms. The molecule has 0 aliphatic heterocycles. The molecule has 0 radical (unpaired) electrons. The summed E-state index contributed by atoms with van der Waals surface area (Å²) in [5, 5.41) is 2.87. The summed E-state index contributed by atoms with van der Waals surface area (Å²) in [5.41, 5.74) is 2.50. The van der Waals surface area contributed by atoms with E-state index in [4.69, 9.17) is 0 Å². The molecule has 0 fully saturated rings. The van der Waals surface area contributed by atoms with Crippen LogP contribution in [-0.4, -0.2) is 27.0 Å². The summed E-state index contributed by atoms with van der Waals surface area (Å²) in [4.78, 5) is 20.3. The number of aryl methyl sites for hydroxylation is 2. The average Bonchev–Trinajstić information content (AvgIpc) is 2.84. The van der Waals surface area contributed by atoms with Crippen molar-refractivity contribution in [2.45, 2.75) is 19.8 Å². The van der Waals surface area contributed by atoms with Crippen molar-refractivity contribution in [1.29, 1.82) is 0 Å². The van der Waals surface area contributed by atoms with E-state index in [1.807, 2.05) is 36.9 Å². The normalized spacial score (nSPS) is 10.4. The van der Waals surface area contributed by atoms with E-state index in [1.165, 1.54) is 0 Å². The van der Waals surface area contributed by atoms with Crippen molar-refractivity contribution >= 4 is 5.91 Å². The first-order valence-electron chi connectivity index (χ1n) is 6.40. The summed E-state index contributed by atoms with van der Waals surface area (Å²) in [7, 11) is 1.94. The van der Waals surface area contributed by atoms with E-state index in [0.29, 0.717) is 12.2 Å². The van der Waals surface area contributed by atoms with Crippen molar-refractivity contribution in [3.05, 3.63) is 47.8 Å². The highest BCUT2D eigenvalue weighted by Crippen LogP contribution is 2.01. The highest BCUT2D eigenvalue weighted by molar-refractivity contribution is 5.92. The van der Waals surface area contributed by atoms with Gasteiger partial charge in [-0.25, -0.2) is 9.97 Å². The molecule has 2 rings (SSSR count). The van der Waals surface area contributed by atoms with Gasteiger partial charge in [-0.3, -0.25) is 4.79 Å². The molecule has 5 nitrogen and oxygen atoms in total. The van der Waals surface area contributed by atoms with Crippen LogP contribution in [0.1, 0.15) is 28.8 Å². The van der Waals surface area contributed by atoms with Gasteiger partial charge in [-0.2, -0.15) is 0 Å². The molecule has 5 heteroatoms. The van der Waals surface area contributed by atoms with E-state index in [2.05, 4.69) is 15.3 Å². The van der Waals surface area contributed by atoms with Crippen LogP contribution in [0.4, 0.5) is 0 Å². The zero-order valence-electron chi connectivity index (χ0n) is 11.3. The van der Waals surface area contributed by atoms with Gasteiger partial charge in [-0.05, 0) is 18.6 Å². The lowest BCUT2D eigenvalue weighted by atomic mass is 10.2. The van der Waals surface area contributed by atoms with E-state index in [9.17, 15) is 4.79 Å². The lowest BCUT2D eigenvalue weighted by Gasteiger charge is -2.06. The first kappa shape index (κ1) is 13.3. The van der Waals surface area contributed by atoms with Crippen LogP contribution >= 0.6 is 0 Å². The van der Waals surface area contributed by atoms with Crippen LogP contribution in [-0.2, 0) is 19.9 Å². The van der Waals surface area contributed by atoms with Gasteiger partial charge >= 0.3 is 0 Å². The number of amides is 1. The van der Waals surface area contributed by atoms with Crippen LogP contribution in [0.3, 0.4) is 0 Å². The maximum absolute atomic E-state index is 11.9. The van der Waals surface area contributed by atoms with Gasteiger partial charge in [-0.1, -0.05) is 13.0 Å². The smallest absolute Gasteiger partial charge is 0.269 e. The number of hydrogen-bond acceptors (Lipinski definition) is 3. The monoisotopic (exact) mass is 258 g/mol. The zero-order valence-corrected chi connectivity index (χ0v) is 11.3. The van der Waals surface area contributed by atoms with Gasteiger partial charge in [0.25, 0.3) is 5.91 Å². The van der Waals surface area contributed by atoms with Gasteiger partial charge in [0.05, 0.1) is 6.33 Å². The molecule has 0 aromatic carbocycles. The fourth-order valence-electron chi connectivity index (χ4n) is 1.82. The maximum Gasteiger partial charge on any atom is 0.269 e. The van der Waals surface area contributed by atoms with Crippen LogP contribution in [0.25, 0.3) is 0 Å². The average molecular weight is 258 g/mol. The molecule has 1 amide bonds. The number of carbonyl (C=O) groups is 1. The van der Waals surface area contributed by atoms with Crippen LogP contribution < -0.4 is 5.32 Å². The second-order valence-electron chi connectivity index (χ2n) is 4.37. The number of carbonyl (C=O) groups excluding carboxylic acids is 1. The topological polar surface area (TPSA) is 59.8 Å². The Morgan fingerprint density at radius 3 is 2.95 bits per heavy atom. The third-order valence-electron chi connectivity index (χ3n) is 2.98. The minimum Gasteiger partial charge on any atom is -0.350 e. The molecule has 0 aliphatic carbocycles. The predicted octanol–water partition coefficient (Wildman–Crippen LogP) is 1.35. The molecule has 0 aliphatic rings. The number of hydrogen-bond donors (Lipinski definition) is 1. The van der Waals surface area contributed by atoms with Crippen LogP contribution in [0, 0.1) is 0 Å². The van der Waals surface area contributed by atoms with Gasteiger partial charge < -0.3 is 9.88 Å². The third-order valence-corrected chi connectivity index (χ3v) is 2.98. The molecule has 1 N–H and O–H groups in total. The van der Waals surface area contributed by atoms with E-state index in [-0.39, 0.29) is 5.91 Å². The molecule has 0 bridgehead atoms. The van der Waals surface area contributed by atoms with Gasteiger partial charge in [-0.15, -0.1) is 0 Å². The minimum atomic E-state index is -0.127. The van der Waals surface area contributed by atoms with Crippen LogP contribution in [0.2, 0.25) is 0 Å². The van der Waals surface area contributed by atoms with Crippen LogP contribution in [0.5, 0.6) is 0 Å². The van der Waals surface area contributed by atoms with Crippen molar-refractivity contribution in [1.82, 2.24) is 19.9 Å². The summed E-state index contributed by atoms with van der Waals surface area (Å²) in [6.45, 7) is 2.60. The molecular weight excluding hydrogens is 240 g/mol. The second-order valence-corrected chi connectivity index (χ2v) is 4.37. The second kappa shape index (κ2) is 6.13. The molecule has 0 unspecified atom stereocenters. The Hall–Kier alpha value is -2.17. The Kier molecular flexibility index (Phi) is 4.28. The van der Waals surface area contributed by atoms with Gasteiger partial charge in [0, 0.05) is 37.6 Å². The predicted molar refractivity (Wildman–Crippen MR) is 72.9 cm³/mol. The quantitative estimate of drug-likeness (QED) is 0.880. The lowest BCUT2D eigenvalue weighted by Crippen LogP contribution is -2.27. The molecule has 2 aromatic rings.